The van der Waals surface area contributed by atoms with Crippen molar-refractivity contribution in [3.8, 4) is 5.82 Å². The Bertz CT molecular complexity index is 629. The number of aromatic nitrogens is 4. The Balaban J connectivity index is 2.47. The molecule has 2 aromatic heterocycles. The van der Waals surface area contributed by atoms with E-state index in [2.05, 4.69) is 9.97 Å². The molecular formula is C11H12N4O3. The second-order valence-electron chi connectivity index (χ2n) is 3.72. The van der Waals surface area contributed by atoms with Crippen molar-refractivity contribution in [2.45, 2.75) is 19.9 Å². The molecular weight excluding hydrogens is 236 g/mol. The molecule has 0 amide bonds. The molecule has 0 aliphatic carbocycles. The number of aryl methyl sites for hydroxylation is 1. The van der Waals surface area contributed by atoms with E-state index in [9.17, 15) is 9.59 Å². The summed E-state index contributed by atoms with van der Waals surface area (Å²) in [7, 11) is 0. The SMILES string of the molecule is CCCn1ccnc(-n2cnc(C(=O)O)c2)c1=O. The summed E-state index contributed by atoms with van der Waals surface area (Å²) in [5.41, 5.74) is -0.393. The van der Waals surface area contributed by atoms with Crippen LogP contribution in [0.15, 0.2) is 29.7 Å². The summed E-state index contributed by atoms with van der Waals surface area (Å²) in [6.07, 6.45) is 6.47. The maximum Gasteiger partial charge on any atom is 0.356 e. The first-order valence-corrected chi connectivity index (χ1v) is 5.46. The number of hydrogen-bond donors (Lipinski definition) is 1. The average Bonchev–Trinajstić information content (AvgIpc) is 2.81. The van der Waals surface area contributed by atoms with E-state index in [-0.39, 0.29) is 17.1 Å². The van der Waals surface area contributed by atoms with Crippen LogP contribution >= 0.6 is 0 Å². The smallest absolute Gasteiger partial charge is 0.356 e. The third kappa shape index (κ3) is 2.15. The van der Waals surface area contributed by atoms with Gasteiger partial charge in [-0.2, -0.15) is 0 Å². The summed E-state index contributed by atoms with van der Waals surface area (Å²) in [5.74, 6) is -0.996. The van der Waals surface area contributed by atoms with Crippen LogP contribution in [0.1, 0.15) is 23.8 Å². The monoisotopic (exact) mass is 248 g/mol. The quantitative estimate of drug-likeness (QED) is 0.852. The van der Waals surface area contributed by atoms with Crippen molar-refractivity contribution in [1.82, 2.24) is 19.1 Å². The zero-order valence-corrected chi connectivity index (χ0v) is 9.78. The highest BCUT2D eigenvalue weighted by atomic mass is 16.4. The van der Waals surface area contributed by atoms with Gasteiger partial charge in [0.05, 0.1) is 0 Å². The number of nitrogens with zero attached hydrogens (tertiary/aromatic N) is 4. The molecule has 0 aromatic carbocycles. The molecule has 1 N–H and O–H groups in total. The van der Waals surface area contributed by atoms with E-state index in [0.717, 1.165) is 6.42 Å². The molecule has 2 rings (SSSR count). The molecule has 0 saturated carbocycles. The van der Waals surface area contributed by atoms with Crippen LogP contribution < -0.4 is 5.56 Å². The maximum absolute atomic E-state index is 12.0. The Hall–Kier alpha value is -2.44. The molecule has 0 unspecified atom stereocenters. The fraction of sp³-hybridized carbons (Fsp3) is 0.273. The molecule has 0 bridgehead atoms. The van der Waals surface area contributed by atoms with E-state index >= 15 is 0 Å². The van der Waals surface area contributed by atoms with Crippen molar-refractivity contribution in [2.24, 2.45) is 0 Å². The molecule has 94 valence electrons. The number of rotatable bonds is 4. The molecule has 0 spiro atoms. The van der Waals surface area contributed by atoms with Gasteiger partial charge in [-0.1, -0.05) is 6.92 Å². The summed E-state index contributed by atoms with van der Waals surface area (Å²) >= 11 is 0. The number of carbonyl (C=O) groups is 1. The van der Waals surface area contributed by atoms with Gasteiger partial charge in [0.1, 0.15) is 6.33 Å². The summed E-state index contributed by atoms with van der Waals surface area (Å²) < 4.78 is 2.85. The first kappa shape index (κ1) is 12.0. The fourth-order valence-electron chi connectivity index (χ4n) is 1.58. The van der Waals surface area contributed by atoms with Crippen LogP contribution in [0.3, 0.4) is 0 Å². The molecule has 0 aliphatic rings. The molecule has 7 nitrogen and oxygen atoms in total. The van der Waals surface area contributed by atoms with Gasteiger partial charge < -0.3 is 9.67 Å². The van der Waals surface area contributed by atoms with E-state index in [1.54, 1.807) is 6.20 Å². The Morgan fingerprint density at radius 1 is 1.44 bits per heavy atom. The Kier molecular flexibility index (Phi) is 3.22. The van der Waals surface area contributed by atoms with Gasteiger partial charge in [-0.25, -0.2) is 14.8 Å². The van der Waals surface area contributed by atoms with Gasteiger partial charge in [-0.3, -0.25) is 9.36 Å². The van der Waals surface area contributed by atoms with Crippen molar-refractivity contribution in [3.63, 3.8) is 0 Å². The highest BCUT2D eigenvalue weighted by Crippen LogP contribution is 2.01. The van der Waals surface area contributed by atoms with Gasteiger partial charge in [-0.05, 0) is 6.42 Å². The first-order chi connectivity index (χ1) is 8.63. The zero-order valence-electron chi connectivity index (χ0n) is 9.78. The number of imidazole rings is 1. The largest absolute Gasteiger partial charge is 0.476 e. The van der Waals surface area contributed by atoms with Crippen LogP contribution in [-0.4, -0.2) is 30.2 Å². The molecule has 0 fully saturated rings. The highest BCUT2D eigenvalue weighted by molar-refractivity contribution is 5.85. The van der Waals surface area contributed by atoms with E-state index in [4.69, 9.17) is 5.11 Å². The highest BCUT2D eigenvalue weighted by Gasteiger charge is 2.11. The summed E-state index contributed by atoms with van der Waals surface area (Å²) in [4.78, 5) is 30.4. The molecule has 7 heteroatoms. The van der Waals surface area contributed by atoms with E-state index < -0.39 is 5.97 Å². The lowest BCUT2D eigenvalue weighted by molar-refractivity contribution is 0.0691. The number of carboxylic acid groups (broad SMARTS) is 1. The average molecular weight is 248 g/mol. The third-order valence-corrected chi connectivity index (χ3v) is 2.41. The molecule has 18 heavy (non-hydrogen) atoms. The summed E-state index contributed by atoms with van der Waals surface area (Å²) in [6, 6.07) is 0. The minimum atomic E-state index is -1.14. The van der Waals surface area contributed by atoms with Crippen LogP contribution in [0.5, 0.6) is 0 Å². The lowest BCUT2D eigenvalue weighted by Gasteiger charge is -2.05. The minimum absolute atomic E-state index is 0.123. The molecule has 0 atom stereocenters. The molecule has 0 aliphatic heterocycles. The van der Waals surface area contributed by atoms with Crippen LogP contribution in [-0.2, 0) is 6.54 Å². The van der Waals surface area contributed by atoms with Crippen molar-refractivity contribution in [1.29, 1.82) is 0 Å². The second-order valence-corrected chi connectivity index (χ2v) is 3.72. The molecule has 2 heterocycles. The molecule has 0 radical (unpaired) electrons. The lowest BCUT2D eigenvalue weighted by atomic mass is 10.4. The van der Waals surface area contributed by atoms with Gasteiger partial charge in [0.15, 0.2) is 5.69 Å². The van der Waals surface area contributed by atoms with Gasteiger partial charge in [-0.15, -0.1) is 0 Å². The van der Waals surface area contributed by atoms with Gasteiger partial charge in [0, 0.05) is 25.1 Å². The Labute approximate surface area is 102 Å². The third-order valence-electron chi connectivity index (χ3n) is 2.41. The van der Waals surface area contributed by atoms with E-state index in [1.807, 2.05) is 6.92 Å². The Morgan fingerprint density at radius 3 is 2.83 bits per heavy atom. The zero-order chi connectivity index (χ0) is 13.1. The van der Waals surface area contributed by atoms with Crippen LogP contribution in [0.4, 0.5) is 0 Å². The summed E-state index contributed by atoms with van der Waals surface area (Å²) in [5, 5.41) is 8.77. The van der Waals surface area contributed by atoms with Crippen molar-refractivity contribution >= 4 is 5.97 Å². The normalized spacial score (nSPS) is 10.5. The fourth-order valence-corrected chi connectivity index (χ4v) is 1.58. The second kappa shape index (κ2) is 4.82. The summed E-state index contributed by atoms with van der Waals surface area (Å²) in [6.45, 7) is 2.56. The van der Waals surface area contributed by atoms with Gasteiger partial charge in [0.2, 0.25) is 5.82 Å². The van der Waals surface area contributed by atoms with Gasteiger partial charge >= 0.3 is 5.97 Å². The Morgan fingerprint density at radius 2 is 2.22 bits per heavy atom. The van der Waals surface area contributed by atoms with Crippen LogP contribution in [0.2, 0.25) is 0 Å². The molecule has 2 aromatic rings. The minimum Gasteiger partial charge on any atom is -0.476 e. The van der Waals surface area contributed by atoms with Crippen molar-refractivity contribution < 1.29 is 9.90 Å². The predicted octanol–water partition coefficient (Wildman–Crippen LogP) is 0.537. The van der Waals surface area contributed by atoms with Crippen LogP contribution in [0, 0.1) is 0 Å². The van der Waals surface area contributed by atoms with E-state index in [1.165, 1.54) is 27.9 Å². The van der Waals surface area contributed by atoms with Crippen molar-refractivity contribution in [2.75, 3.05) is 0 Å². The number of hydrogen-bond acceptors (Lipinski definition) is 4. The van der Waals surface area contributed by atoms with Crippen molar-refractivity contribution in [3.05, 3.63) is 41.0 Å². The number of aromatic carboxylic acids is 1. The first-order valence-electron chi connectivity index (χ1n) is 5.46. The van der Waals surface area contributed by atoms with Crippen LogP contribution in [0.25, 0.3) is 5.82 Å². The number of carboxylic acids is 1. The standard InChI is InChI=1S/C11H12N4O3/c1-2-4-14-5-3-12-9(10(14)16)15-6-8(11(17)18)13-7-15/h3,5-7H,2,4H2,1H3,(H,17,18). The maximum atomic E-state index is 12.0. The predicted molar refractivity (Wildman–Crippen MR) is 62.9 cm³/mol. The van der Waals surface area contributed by atoms with E-state index in [0.29, 0.717) is 6.54 Å². The molecule has 0 saturated heterocycles. The van der Waals surface area contributed by atoms with Gasteiger partial charge in [0.25, 0.3) is 5.56 Å². The topological polar surface area (TPSA) is 90.0 Å². The lowest BCUT2D eigenvalue weighted by Crippen LogP contribution is -2.24.